The maximum atomic E-state index is 12.5. The SMILES string of the molecule is CCN(CC)S(=O)(=O)c1ccc(NC(=O)C[NH+]2CCC[C@H](C)C2)cc1. The summed E-state index contributed by atoms with van der Waals surface area (Å²) < 4.78 is 26.3. The van der Waals surface area contributed by atoms with Crippen molar-refractivity contribution in [2.24, 2.45) is 5.92 Å². The van der Waals surface area contributed by atoms with Crippen LogP contribution in [-0.4, -0.2) is 51.4 Å². The highest BCUT2D eigenvalue weighted by molar-refractivity contribution is 7.89. The van der Waals surface area contributed by atoms with Crippen LogP contribution in [0.5, 0.6) is 0 Å². The second kappa shape index (κ2) is 8.78. The molecule has 1 aliphatic heterocycles. The third kappa shape index (κ3) is 5.26. The highest BCUT2D eigenvalue weighted by atomic mass is 32.2. The van der Waals surface area contributed by atoms with Gasteiger partial charge in [0.25, 0.3) is 5.91 Å². The third-order valence-corrected chi connectivity index (χ3v) is 6.82. The van der Waals surface area contributed by atoms with Gasteiger partial charge in [-0.25, -0.2) is 8.42 Å². The Labute approximate surface area is 151 Å². The molecule has 1 amide bonds. The number of sulfonamides is 1. The van der Waals surface area contributed by atoms with Crippen LogP contribution in [0.2, 0.25) is 0 Å². The number of likely N-dealkylation sites (tertiary alicyclic amines) is 1. The average molecular weight is 369 g/mol. The Morgan fingerprint density at radius 1 is 1.24 bits per heavy atom. The molecule has 1 saturated heterocycles. The smallest absolute Gasteiger partial charge is 0.279 e. The zero-order valence-corrected chi connectivity index (χ0v) is 16.2. The molecule has 140 valence electrons. The lowest BCUT2D eigenvalue weighted by molar-refractivity contribution is -0.900. The Kier molecular flexibility index (Phi) is 6.98. The van der Waals surface area contributed by atoms with E-state index < -0.39 is 10.0 Å². The maximum absolute atomic E-state index is 12.5. The summed E-state index contributed by atoms with van der Waals surface area (Å²) in [5.74, 6) is 0.643. The van der Waals surface area contributed by atoms with E-state index in [0.717, 1.165) is 13.1 Å². The van der Waals surface area contributed by atoms with Gasteiger partial charge in [-0.3, -0.25) is 4.79 Å². The lowest BCUT2D eigenvalue weighted by Crippen LogP contribution is -3.14. The fourth-order valence-electron chi connectivity index (χ4n) is 3.41. The van der Waals surface area contributed by atoms with Gasteiger partial charge in [-0.1, -0.05) is 20.8 Å². The summed E-state index contributed by atoms with van der Waals surface area (Å²) >= 11 is 0. The largest absolute Gasteiger partial charge is 0.327 e. The summed E-state index contributed by atoms with van der Waals surface area (Å²) in [6.07, 6.45) is 2.41. The fraction of sp³-hybridized carbons (Fsp3) is 0.611. The Morgan fingerprint density at radius 2 is 1.88 bits per heavy atom. The van der Waals surface area contributed by atoms with Crippen LogP contribution in [0.3, 0.4) is 0 Å². The Balaban J connectivity index is 1.97. The number of amides is 1. The lowest BCUT2D eigenvalue weighted by Gasteiger charge is -2.27. The number of piperidine rings is 1. The van der Waals surface area contributed by atoms with Crippen molar-refractivity contribution in [1.82, 2.24) is 4.31 Å². The topological polar surface area (TPSA) is 70.9 Å². The highest BCUT2D eigenvalue weighted by Gasteiger charge is 2.23. The molecule has 1 aromatic rings. The minimum atomic E-state index is -3.46. The number of nitrogens with zero attached hydrogens (tertiary/aromatic N) is 1. The van der Waals surface area contributed by atoms with Gasteiger partial charge >= 0.3 is 0 Å². The number of rotatable bonds is 7. The number of benzene rings is 1. The number of quaternary nitrogens is 1. The van der Waals surface area contributed by atoms with Crippen LogP contribution in [0.15, 0.2) is 29.2 Å². The van der Waals surface area contributed by atoms with E-state index in [4.69, 9.17) is 0 Å². The van der Waals surface area contributed by atoms with Crippen LogP contribution in [0.25, 0.3) is 0 Å². The van der Waals surface area contributed by atoms with Gasteiger partial charge in [-0.05, 0) is 37.1 Å². The molecule has 2 N–H and O–H groups in total. The Bertz CT molecular complexity index is 669. The Hall–Kier alpha value is -1.44. The lowest BCUT2D eigenvalue weighted by atomic mass is 10.0. The van der Waals surface area contributed by atoms with E-state index >= 15 is 0 Å². The molecule has 2 atom stereocenters. The van der Waals surface area contributed by atoms with Crippen molar-refractivity contribution < 1.29 is 18.1 Å². The van der Waals surface area contributed by atoms with E-state index in [0.29, 0.717) is 31.2 Å². The first kappa shape index (κ1) is 19.9. The average Bonchev–Trinajstić information content (AvgIpc) is 2.56. The van der Waals surface area contributed by atoms with E-state index in [1.54, 1.807) is 24.3 Å². The van der Waals surface area contributed by atoms with Crippen molar-refractivity contribution in [3.63, 3.8) is 0 Å². The van der Waals surface area contributed by atoms with Crippen LogP contribution in [0.1, 0.15) is 33.6 Å². The summed E-state index contributed by atoms with van der Waals surface area (Å²) in [5, 5.41) is 2.87. The molecule has 0 saturated carbocycles. The molecule has 7 heteroatoms. The van der Waals surface area contributed by atoms with Crippen LogP contribution >= 0.6 is 0 Å². The van der Waals surface area contributed by atoms with Gasteiger partial charge in [-0.2, -0.15) is 4.31 Å². The van der Waals surface area contributed by atoms with Gasteiger partial charge < -0.3 is 10.2 Å². The molecule has 0 spiro atoms. The molecule has 1 unspecified atom stereocenters. The molecular weight excluding hydrogens is 338 g/mol. The molecule has 2 rings (SSSR count). The van der Waals surface area contributed by atoms with E-state index in [9.17, 15) is 13.2 Å². The number of nitrogens with one attached hydrogen (secondary N) is 2. The third-order valence-electron chi connectivity index (χ3n) is 4.76. The monoisotopic (exact) mass is 368 g/mol. The molecule has 6 nitrogen and oxygen atoms in total. The van der Waals surface area contributed by atoms with E-state index in [-0.39, 0.29) is 10.8 Å². The summed E-state index contributed by atoms with van der Waals surface area (Å²) in [6.45, 7) is 9.28. The first-order valence-electron chi connectivity index (χ1n) is 9.10. The fourth-order valence-corrected chi connectivity index (χ4v) is 4.87. The molecule has 0 aliphatic carbocycles. The molecule has 1 fully saturated rings. The number of carbonyl (C=O) groups is 1. The normalized spacial score (nSPS) is 21.3. The van der Waals surface area contributed by atoms with Crippen molar-refractivity contribution in [3.05, 3.63) is 24.3 Å². The summed E-state index contributed by atoms with van der Waals surface area (Å²) in [7, 11) is -3.46. The van der Waals surface area contributed by atoms with E-state index in [1.807, 2.05) is 13.8 Å². The van der Waals surface area contributed by atoms with Crippen molar-refractivity contribution in [1.29, 1.82) is 0 Å². The standard InChI is InChI=1S/C18H29N3O3S/c1-4-21(5-2)25(23,24)17-10-8-16(9-11-17)19-18(22)14-20-12-6-7-15(3)13-20/h8-11,15H,4-7,12-14H2,1-3H3,(H,19,22)/p+1/t15-/m0/s1. The van der Waals surface area contributed by atoms with Gasteiger partial charge in [0, 0.05) is 24.7 Å². The summed E-state index contributed by atoms with van der Waals surface area (Å²) in [6, 6.07) is 6.42. The van der Waals surface area contributed by atoms with Gasteiger partial charge in [0.15, 0.2) is 6.54 Å². The van der Waals surface area contributed by atoms with Crippen LogP contribution in [0, 0.1) is 5.92 Å². The van der Waals surface area contributed by atoms with E-state index in [2.05, 4.69) is 12.2 Å². The predicted octanol–water partition coefficient (Wildman–Crippen LogP) is 0.970. The highest BCUT2D eigenvalue weighted by Crippen LogP contribution is 2.18. The van der Waals surface area contributed by atoms with Crippen molar-refractivity contribution in [3.8, 4) is 0 Å². The second-order valence-corrected chi connectivity index (χ2v) is 8.73. The molecule has 1 aromatic carbocycles. The first-order valence-corrected chi connectivity index (χ1v) is 10.5. The zero-order chi connectivity index (χ0) is 18.4. The zero-order valence-electron chi connectivity index (χ0n) is 15.4. The van der Waals surface area contributed by atoms with Crippen molar-refractivity contribution in [2.75, 3.05) is 38.0 Å². The molecule has 1 aliphatic rings. The molecule has 0 bridgehead atoms. The molecular formula is C18H30N3O3S+. The number of hydrogen-bond donors (Lipinski definition) is 2. The van der Waals surface area contributed by atoms with Gasteiger partial charge in [0.1, 0.15) is 0 Å². The van der Waals surface area contributed by atoms with Gasteiger partial charge in [0.05, 0.1) is 18.0 Å². The van der Waals surface area contributed by atoms with Crippen molar-refractivity contribution in [2.45, 2.75) is 38.5 Å². The number of hydrogen-bond acceptors (Lipinski definition) is 3. The van der Waals surface area contributed by atoms with Gasteiger partial charge in [0.2, 0.25) is 10.0 Å². The van der Waals surface area contributed by atoms with E-state index in [1.165, 1.54) is 22.0 Å². The Morgan fingerprint density at radius 3 is 2.44 bits per heavy atom. The maximum Gasteiger partial charge on any atom is 0.279 e. The molecule has 25 heavy (non-hydrogen) atoms. The second-order valence-electron chi connectivity index (χ2n) is 6.79. The minimum Gasteiger partial charge on any atom is -0.327 e. The first-order chi connectivity index (χ1) is 11.9. The number of carbonyl (C=O) groups excluding carboxylic acids is 1. The molecule has 1 heterocycles. The summed E-state index contributed by atoms with van der Waals surface area (Å²) in [4.78, 5) is 13.8. The predicted molar refractivity (Wildman–Crippen MR) is 99.1 cm³/mol. The quantitative estimate of drug-likeness (QED) is 0.753. The minimum absolute atomic E-state index is 0.0246. The van der Waals surface area contributed by atoms with Gasteiger partial charge in [-0.15, -0.1) is 0 Å². The number of anilines is 1. The molecule has 0 aromatic heterocycles. The summed E-state index contributed by atoms with van der Waals surface area (Å²) in [5.41, 5.74) is 0.632. The van der Waals surface area contributed by atoms with Crippen LogP contribution in [0.4, 0.5) is 5.69 Å². The van der Waals surface area contributed by atoms with Crippen LogP contribution < -0.4 is 10.2 Å². The molecule has 0 radical (unpaired) electrons. The van der Waals surface area contributed by atoms with Crippen LogP contribution in [-0.2, 0) is 14.8 Å². The van der Waals surface area contributed by atoms with Crippen molar-refractivity contribution >= 4 is 21.6 Å².